The highest BCUT2D eigenvalue weighted by molar-refractivity contribution is 6.60. The zero-order chi connectivity index (χ0) is 11.6. The van der Waals surface area contributed by atoms with Gasteiger partial charge in [0.05, 0.1) is 12.2 Å². The Morgan fingerprint density at radius 2 is 1.75 bits per heavy atom. The molecule has 0 aromatic carbocycles. The molecular weight excluding hydrogens is 224 g/mol. The van der Waals surface area contributed by atoms with E-state index in [1.807, 2.05) is 0 Å². The van der Waals surface area contributed by atoms with Crippen LogP contribution in [0, 0.1) is 5.92 Å². The van der Waals surface area contributed by atoms with Crippen molar-refractivity contribution in [3.63, 3.8) is 0 Å². The molecule has 0 bridgehead atoms. The largest absolute Gasteiger partial charge is 0.500 e. The Hall–Kier alpha value is 0.0569. The fraction of sp³-hybridized carbons (Fsp3) is 1.00. The molecule has 2 rings (SSSR count). The molecule has 1 aliphatic heterocycles. The summed E-state index contributed by atoms with van der Waals surface area (Å²) in [6.07, 6.45) is 6.01. The molecule has 0 aromatic rings. The summed E-state index contributed by atoms with van der Waals surface area (Å²) in [5.41, 5.74) is 0. The minimum Gasteiger partial charge on any atom is -0.377 e. The molecule has 1 saturated heterocycles. The zero-order valence-electron chi connectivity index (χ0n) is 10.4. The normalized spacial score (nSPS) is 33.6. The molecule has 16 heavy (non-hydrogen) atoms. The van der Waals surface area contributed by atoms with E-state index in [1.165, 1.54) is 19.3 Å². The molecule has 0 radical (unpaired) electrons. The van der Waals surface area contributed by atoms with Crippen molar-refractivity contribution in [3.8, 4) is 0 Å². The molecule has 0 amide bonds. The van der Waals surface area contributed by atoms with Crippen LogP contribution in [0.2, 0.25) is 6.04 Å². The second-order valence-electron chi connectivity index (χ2n) is 4.73. The Bertz CT molecular complexity index is 224. The molecule has 1 heterocycles. The van der Waals surface area contributed by atoms with Crippen LogP contribution < -0.4 is 0 Å². The van der Waals surface area contributed by atoms with Crippen molar-refractivity contribution in [1.82, 2.24) is 0 Å². The number of hydrogen-bond acceptors (Lipinski definition) is 4. The quantitative estimate of drug-likeness (QED) is 0.529. The van der Waals surface area contributed by atoms with Gasteiger partial charge in [-0.05, 0) is 31.6 Å². The number of rotatable bonds is 6. The monoisotopic (exact) mass is 246 g/mol. The summed E-state index contributed by atoms with van der Waals surface area (Å²) in [6.45, 7) is 0. The molecule has 94 valence electrons. The molecule has 0 spiro atoms. The maximum Gasteiger partial charge on any atom is 0.500 e. The Morgan fingerprint density at radius 1 is 1.06 bits per heavy atom. The second-order valence-corrected chi connectivity index (χ2v) is 7.82. The summed E-state index contributed by atoms with van der Waals surface area (Å²) in [6, 6.07) is 0.915. The Balaban J connectivity index is 1.76. The van der Waals surface area contributed by atoms with E-state index in [2.05, 4.69) is 0 Å². The highest BCUT2D eigenvalue weighted by Gasteiger charge is 2.45. The van der Waals surface area contributed by atoms with Gasteiger partial charge in [0.1, 0.15) is 0 Å². The number of fused-ring (bicyclic) bond motifs is 1. The first kappa shape index (κ1) is 12.5. The summed E-state index contributed by atoms with van der Waals surface area (Å²) in [4.78, 5) is 0. The van der Waals surface area contributed by atoms with Gasteiger partial charge >= 0.3 is 8.80 Å². The predicted octanol–water partition coefficient (Wildman–Crippen LogP) is 1.82. The van der Waals surface area contributed by atoms with Crippen LogP contribution in [-0.2, 0) is 18.0 Å². The van der Waals surface area contributed by atoms with Crippen LogP contribution in [0.25, 0.3) is 0 Å². The Kier molecular flexibility index (Phi) is 4.02. The van der Waals surface area contributed by atoms with Crippen LogP contribution in [0.15, 0.2) is 0 Å². The Labute approximate surface area is 98.6 Å². The van der Waals surface area contributed by atoms with Crippen LogP contribution in [0.3, 0.4) is 0 Å². The van der Waals surface area contributed by atoms with Gasteiger partial charge in [-0.25, -0.2) is 0 Å². The third-order valence-electron chi connectivity index (χ3n) is 3.90. The van der Waals surface area contributed by atoms with Gasteiger partial charge in [-0.3, -0.25) is 0 Å². The van der Waals surface area contributed by atoms with E-state index >= 15 is 0 Å². The van der Waals surface area contributed by atoms with Gasteiger partial charge < -0.3 is 18.0 Å². The molecule has 5 heteroatoms. The summed E-state index contributed by atoms with van der Waals surface area (Å²) in [7, 11) is 2.69. The summed E-state index contributed by atoms with van der Waals surface area (Å²) < 4.78 is 21.8. The van der Waals surface area contributed by atoms with Gasteiger partial charge in [0.15, 0.2) is 0 Å². The second kappa shape index (κ2) is 5.14. The highest BCUT2D eigenvalue weighted by Crippen LogP contribution is 2.41. The lowest BCUT2D eigenvalue weighted by Crippen LogP contribution is -2.43. The van der Waals surface area contributed by atoms with Crippen LogP contribution in [0.5, 0.6) is 0 Å². The van der Waals surface area contributed by atoms with Crippen molar-refractivity contribution in [2.75, 3.05) is 21.3 Å². The van der Waals surface area contributed by atoms with E-state index in [-0.39, 0.29) is 0 Å². The van der Waals surface area contributed by atoms with Crippen molar-refractivity contribution in [2.24, 2.45) is 5.92 Å². The van der Waals surface area contributed by atoms with E-state index < -0.39 is 8.80 Å². The average molecular weight is 246 g/mol. The SMILES string of the molecule is CO[Si](CC[C@H]1CC[C@@H]2O[C@@H]2C1)(OC)OC. The number of hydrogen-bond donors (Lipinski definition) is 0. The molecule has 2 fully saturated rings. The maximum atomic E-state index is 5.54. The van der Waals surface area contributed by atoms with E-state index in [1.54, 1.807) is 21.3 Å². The van der Waals surface area contributed by atoms with Crippen molar-refractivity contribution < 1.29 is 18.0 Å². The van der Waals surface area contributed by atoms with Crippen molar-refractivity contribution >= 4 is 8.80 Å². The van der Waals surface area contributed by atoms with Crippen molar-refractivity contribution in [2.45, 2.75) is 43.9 Å². The third-order valence-corrected chi connectivity index (χ3v) is 6.67. The minimum atomic E-state index is -2.35. The van der Waals surface area contributed by atoms with E-state index in [4.69, 9.17) is 18.0 Å². The average Bonchev–Trinajstić information content (AvgIpc) is 3.10. The van der Waals surface area contributed by atoms with Gasteiger partial charge in [-0.1, -0.05) is 0 Å². The van der Waals surface area contributed by atoms with E-state index in [0.717, 1.165) is 18.4 Å². The third kappa shape index (κ3) is 2.65. The fourth-order valence-corrected chi connectivity index (χ4v) is 4.56. The summed E-state index contributed by atoms with van der Waals surface area (Å²) in [5.74, 6) is 0.760. The van der Waals surface area contributed by atoms with Crippen LogP contribution in [0.1, 0.15) is 25.7 Å². The Morgan fingerprint density at radius 3 is 2.31 bits per heavy atom. The summed E-state index contributed by atoms with van der Waals surface area (Å²) in [5, 5.41) is 0. The predicted molar refractivity (Wildman–Crippen MR) is 62.2 cm³/mol. The topological polar surface area (TPSA) is 40.2 Å². The molecule has 1 aliphatic carbocycles. The van der Waals surface area contributed by atoms with E-state index in [0.29, 0.717) is 12.2 Å². The first-order valence-electron chi connectivity index (χ1n) is 6.04. The molecule has 3 atom stereocenters. The smallest absolute Gasteiger partial charge is 0.377 e. The van der Waals surface area contributed by atoms with E-state index in [9.17, 15) is 0 Å². The molecule has 1 saturated carbocycles. The number of epoxide rings is 1. The van der Waals surface area contributed by atoms with Gasteiger partial charge in [-0.15, -0.1) is 0 Å². The zero-order valence-corrected chi connectivity index (χ0v) is 11.4. The van der Waals surface area contributed by atoms with Crippen molar-refractivity contribution in [1.29, 1.82) is 0 Å². The van der Waals surface area contributed by atoms with Gasteiger partial charge in [0.2, 0.25) is 0 Å². The van der Waals surface area contributed by atoms with Gasteiger partial charge in [0.25, 0.3) is 0 Å². The number of ether oxygens (including phenoxy) is 1. The van der Waals surface area contributed by atoms with Crippen LogP contribution >= 0.6 is 0 Å². The fourth-order valence-electron chi connectivity index (χ4n) is 2.69. The molecule has 2 aliphatic rings. The molecular formula is C11H22O4Si. The van der Waals surface area contributed by atoms with Gasteiger partial charge in [0, 0.05) is 27.4 Å². The first-order chi connectivity index (χ1) is 7.73. The van der Waals surface area contributed by atoms with Crippen molar-refractivity contribution in [3.05, 3.63) is 0 Å². The van der Waals surface area contributed by atoms with Crippen LogP contribution in [0.4, 0.5) is 0 Å². The van der Waals surface area contributed by atoms with Crippen LogP contribution in [-0.4, -0.2) is 42.3 Å². The summed E-state index contributed by atoms with van der Waals surface area (Å²) >= 11 is 0. The van der Waals surface area contributed by atoms with Gasteiger partial charge in [-0.2, -0.15) is 0 Å². The maximum absolute atomic E-state index is 5.54. The highest BCUT2D eigenvalue weighted by atomic mass is 28.4. The first-order valence-corrected chi connectivity index (χ1v) is 7.97. The standard InChI is InChI=1S/C11H22O4Si/c1-12-16(13-2,14-3)7-6-9-4-5-10-11(8-9)15-10/h9-11H,4-8H2,1-3H3/t9-,10+,11-/m1/s1. The molecule has 0 unspecified atom stereocenters. The lowest BCUT2D eigenvalue weighted by atomic mass is 9.88. The minimum absolute atomic E-state index is 0.558. The lowest BCUT2D eigenvalue weighted by Gasteiger charge is -2.27. The molecule has 0 aromatic heterocycles. The lowest BCUT2D eigenvalue weighted by molar-refractivity contribution is 0.120. The molecule has 0 N–H and O–H groups in total. The molecule has 4 nitrogen and oxygen atoms in total.